The summed E-state index contributed by atoms with van der Waals surface area (Å²) in [6.45, 7) is 0.418. The monoisotopic (exact) mass is 291 g/mol. The predicted octanol–water partition coefficient (Wildman–Crippen LogP) is 1.12. The first-order chi connectivity index (χ1) is 9.70. The largest absolute Gasteiger partial charge is 0.609 e. The van der Waals surface area contributed by atoms with E-state index in [2.05, 4.69) is 10.3 Å². The Morgan fingerprint density at radius 2 is 2.15 bits per heavy atom. The maximum Gasteiger partial charge on any atom is 0.329 e. The van der Waals surface area contributed by atoms with Crippen molar-refractivity contribution < 1.29 is 9.29 Å². The van der Waals surface area contributed by atoms with Crippen LogP contribution in [-0.4, -0.2) is 27.0 Å². The molecule has 7 heteroatoms. The van der Waals surface area contributed by atoms with Crippen molar-refractivity contribution in [1.82, 2.24) is 9.55 Å². The molecule has 1 aliphatic heterocycles. The topological polar surface area (TPSA) is 79.2 Å². The van der Waals surface area contributed by atoms with E-state index in [-0.39, 0.29) is 22.3 Å². The third-order valence-corrected chi connectivity index (χ3v) is 4.31. The highest BCUT2D eigenvalue weighted by Gasteiger charge is 2.31. The summed E-state index contributed by atoms with van der Waals surface area (Å²) >= 11 is -1.23. The van der Waals surface area contributed by atoms with Gasteiger partial charge in [0.2, 0.25) is 5.88 Å². The third-order valence-electron chi connectivity index (χ3n) is 3.04. The second-order valence-corrected chi connectivity index (χ2v) is 5.74. The zero-order valence-corrected chi connectivity index (χ0v) is 11.6. The van der Waals surface area contributed by atoms with Gasteiger partial charge in [-0.25, -0.2) is 4.57 Å². The number of hydrogen-bond acceptors (Lipinski definition) is 5. The molecule has 6 nitrogen and oxygen atoms in total. The number of hydrogen-bond donors (Lipinski definition) is 1. The summed E-state index contributed by atoms with van der Waals surface area (Å²) in [5, 5.41) is 3.30. The molecule has 20 heavy (non-hydrogen) atoms. The van der Waals surface area contributed by atoms with Gasteiger partial charge in [0.15, 0.2) is 5.69 Å². The lowest BCUT2D eigenvalue weighted by Gasteiger charge is -2.11. The molecule has 0 saturated carbocycles. The standard InChI is InChI=1S/C13H13N3O3S/c1-19-11-10(14-9-5-3-2-4-6-9)12(17)16-7-8-20(18)13(16)15-11/h2-6,14H,7-8H2,1H3. The normalized spacial score (nSPS) is 16.8. The molecular weight excluding hydrogens is 278 g/mol. The van der Waals surface area contributed by atoms with Crippen LogP contribution in [0.15, 0.2) is 40.3 Å². The SMILES string of the molecule is COc1nc2n(c(=O)c1Nc1ccccc1)CC[S+]2[O-]. The maximum absolute atomic E-state index is 12.4. The number of benzene rings is 1. The molecule has 2 heterocycles. The molecule has 1 N–H and O–H groups in total. The summed E-state index contributed by atoms with van der Waals surface area (Å²) in [5.74, 6) is 0.584. The fraction of sp³-hybridized carbons (Fsp3) is 0.231. The minimum Gasteiger partial charge on any atom is -0.609 e. The number of nitrogens with zero attached hydrogens (tertiary/aromatic N) is 2. The zero-order valence-electron chi connectivity index (χ0n) is 10.8. The van der Waals surface area contributed by atoms with Crippen LogP contribution in [-0.2, 0) is 17.7 Å². The minimum atomic E-state index is -1.23. The third kappa shape index (κ3) is 2.14. The molecule has 104 valence electrons. The first-order valence-electron chi connectivity index (χ1n) is 6.10. The first-order valence-corrected chi connectivity index (χ1v) is 7.42. The van der Waals surface area contributed by atoms with Gasteiger partial charge in [0.1, 0.15) is 5.75 Å². The van der Waals surface area contributed by atoms with Crippen LogP contribution in [0.1, 0.15) is 0 Å². The predicted molar refractivity (Wildman–Crippen MR) is 76.0 cm³/mol. The molecule has 1 aliphatic rings. The molecule has 0 spiro atoms. The zero-order chi connectivity index (χ0) is 14.1. The van der Waals surface area contributed by atoms with Gasteiger partial charge in [-0.1, -0.05) is 18.2 Å². The van der Waals surface area contributed by atoms with E-state index < -0.39 is 11.2 Å². The molecule has 0 radical (unpaired) electrons. The summed E-state index contributed by atoms with van der Waals surface area (Å²) in [4.78, 5) is 16.6. The van der Waals surface area contributed by atoms with Crippen molar-refractivity contribution in [3.8, 4) is 5.88 Å². The first kappa shape index (κ1) is 13.0. The van der Waals surface area contributed by atoms with Gasteiger partial charge in [0, 0.05) is 16.9 Å². The van der Waals surface area contributed by atoms with Crippen molar-refractivity contribution in [2.45, 2.75) is 11.7 Å². The summed E-state index contributed by atoms with van der Waals surface area (Å²) in [6.07, 6.45) is 0. The van der Waals surface area contributed by atoms with Crippen molar-refractivity contribution >= 4 is 22.6 Å². The number of para-hydroxylation sites is 1. The van der Waals surface area contributed by atoms with Crippen LogP contribution >= 0.6 is 0 Å². The number of aromatic nitrogens is 2. The van der Waals surface area contributed by atoms with Gasteiger partial charge in [-0.3, -0.25) is 4.79 Å². The summed E-state index contributed by atoms with van der Waals surface area (Å²) < 4.78 is 18.4. The van der Waals surface area contributed by atoms with Crippen LogP contribution in [0, 0.1) is 0 Å². The number of fused-ring (bicyclic) bond motifs is 1. The van der Waals surface area contributed by atoms with Crippen molar-refractivity contribution in [3.05, 3.63) is 40.7 Å². The van der Waals surface area contributed by atoms with Gasteiger partial charge in [-0.2, -0.15) is 0 Å². The molecule has 0 saturated heterocycles. The molecule has 3 rings (SSSR count). The molecule has 0 amide bonds. The van der Waals surface area contributed by atoms with E-state index in [1.807, 2.05) is 30.3 Å². The van der Waals surface area contributed by atoms with Crippen molar-refractivity contribution in [2.75, 3.05) is 18.2 Å². The number of anilines is 2. The van der Waals surface area contributed by atoms with Crippen molar-refractivity contribution in [1.29, 1.82) is 0 Å². The lowest BCUT2D eigenvalue weighted by molar-refractivity contribution is 0.389. The average molecular weight is 291 g/mol. The lowest BCUT2D eigenvalue weighted by Crippen LogP contribution is -2.24. The Morgan fingerprint density at radius 3 is 2.85 bits per heavy atom. The molecule has 2 aromatic rings. The van der Waals surface area contributed by atoms with Crippen molar-refractivity contribution in [2.24, 2.45) is 0 Å². The summed E-state index contributed by atoms with van der Waals surface area (Å²) in [7, 11) is 1.44. The number of rotatable bonds is 3. The molecule has 1 atom stereocenters. The molecule has 1 aromatic carbocycles. The number of ether oxygens (including phenoxy) is 1. The van der Waals surface area contributed by atoms with E-state index in [1.165, 1.54) is 11.7 Å². The summed E-state index contributed by atoms with van der Waals surface area (Å²) in [5.41, 5.74) is 0.771. The van der Waals surface area contributed by atoms with Gasteiger partial charge in [0.05, 0.1) is 13.7 Å². The Labute approximate surface area is 118 Å². The molecule has 0 aliphatic carbocycles. The smallest absolute Gasteiger partial charge is 0.329 e. The van der Waals surface area contributed by atoms with Gasteiger partial charge >= 0.3 is 5.16 Å². The quantitative estimate of drug-likeness (QED) is 0.677. The maximum atomic E-state index is 12.4. The Bertz CT molecular complexity index is 687. The van der Waals surface area contributed by atoms with E-state index in [1.54, 1.807) is 0 Å². The van der Waals surface area contributed by atoms with Crippen LogP contribution in [0.3, 0.4) is 0 Å². The number of methoxy groups -OCH3 is 1. The Kier molecular flexibility index (Phi) is 3.37. The van der Waals surface area contributed by atoms with Crippen LogP contribution in [0.2, 0.25) is 0 Å². The van der Waals surface area contributed by atoms with Gasteiger partial charge < -0.3 is 14.6 Å². The van der Waals surface area contributed by atoms with Crippen LogP contribution < -0.4 is 15.6 Å². The summed E-state index contributed by atoms with van der Waals surface area (Å²) in [6, 6.07) is 9.30. The molecule has 1 aromatic heterocycles. The van der Waals surface area contributed by atoms with Crippen LogP contribution in [0.25, 0.3) is 0 Å². The Hall–Kier alpha value is -1.99. The molecular formula is C13H13N3O3S. The number of nitrogens with one attached hydrogen (secondary N) is 1. The fourth-order valence-corrected chi connectivity index (χ4v) is 3.21. The van der Waals surface area contributed by atoms with E-state index in [4.69, 9.17) is 4.74 Å². The van der Waals surface area contributed by atoms with Crippen LogP contribution in [0.4, 0.5) is 11.4 Å². The minimum absolute atomic E-state index is 0.167. The van der Waals surface area contributed by atoms with E-state index in [0.717, 1.165) is 5.69 Å². The highest BCUT2D eigenvalue weighted by atomic mass is 32.2. The highest BCUT2D eigenvalue weighted by molar-refractivity contribution is 7.91. The van der Waals surface area contributed by atoms with Crippen LogP contribution in [0.5, 0.6) is 5.88 Å². The lowest BCUT2D eigenvalue weighted by atomic mass is 10.3. The second kappa shape index (κ2) is 5.18. The fourth-order valence-electron chi connectivity index (χ4n) is 2.07. The van der Waals surface area contributed by atoms with Gasteiger partial charge in [-0.05, 0) is 12.1 Å². The molecule has 0 bridgehead atoms. The van der Waals surface area contributed by atoms with Gasteiger partial charge in [0.25, 0.3) is 5.56 Å². The van der Waals surface area contributed by atoms with E-state index >= 15 is 0 Å². The van der Waals surface area contributed by atoms with E-state index in [9.17, 15) is 9.35 Å². The average Bonchev–Trinajstić information content (AvgIpc) is 2.84. The highest BCUT2D eigenvalue weighted by Crippen LogP contribution is 2.25. The Morgan fingerprint density at radius 1 is 1.40 bits per heavy atom. The van der Waals surface area contributed by atoms with E-state index in [0.29, 0.717) is 12.3 Å². The molecule has 0 fully saturated rings. The Balaban J connectivity index is 2.09. The van der Waals surface area contributed by atoms with Crippen molar-refractivity contribution in [3.63, 3.8) is 0 Å². The second-order valence-electron chi connectivity index (χ2n) is 4.28. The molecule has 1 unspecified atom stereocenters. The van der Waals surface area contributed by atoms with Gasteiger partial charge in [-0.15, -0.1) is 4.98 Å².